The molecule has 4 rings (SSSR count). The summed E-state index contributed by atoms with van der Waals surface area (Å²) in [7, 11) is 0. The Hall–Kier alpha value is -4.26. The van der Waals surface area contributed by atoms with Gasteiger partial charge in [0.05, 0.1) is 10.6 Å². The number of esters is 1. The van der Waals surface area contributed by atoms with Crippen LogP contribution in [0.2, 0.25) is 0 Å². The normalized spacial score (nSPS) is 11.9. The number of ether oxygens (including phenoxy) is 1. The molecule has 0 aliphatic heterocycles. The zero-order valence-corrected chi connectivity index (χ0v) is 19.9. The third-order valence-corrected chi connectivity index (χ3v) is 6.09. The maximum Gasteiger partial charge on any atom is 0.306 e. The van der Waals surface area contributed by atoms with Crippen LogP contribution in [0.15, 0.2) is 36.0 Å². The van der Waals surface area contributed by atoms with Crippen LogP contribution in [0.1, 0.15) is 30.3 Å². The van der Waals surface area contributed by atoms with Gasteiger partial charge in [0.25, 0.3) is 17.4 Å². The van der Waals surface area contributed by atoms with E-state index in [1.54, 1.807) is 22.0 Å². The summed E-state index contributed by atoms with van der Waals surface area (Å²) >= 11 is 1.16. The van der Waals surface area contributed by atoms with Gasteiger partial charge in [-0.2, -0.15) is 10.1 Å². The Morgan fingerprint density at radius 3 is 2.86 bits per heavy atom. The Labute approximate surface area is 203 Å². The molecule has 13 heteroatoms. The van der Waals surface area contributed by atoms with Gasteiger partial charge in [-0.25, -0.2) is 14.5 Å². The topological polar surface area (TPSA) is 155 Å². The molecule has 0 bridgehead atoms. The molecule has 0 aliphatic carbocycles. The average Bonchev–Trinajstić information content (AvgIpc) is 3.48. The molecule has 0 spiro atoms. The first kappa shape index (κ1) is 23.9. The van der Waals surface area contributed by atoms with Crippen molar-refractivity contribution >= 4 is 39.8 Å². The lowest BCUT2D eigenvalue weighted by molar-refractivity contribution is -0.384. The zero-order chi connectivity index (χ0) is 25.1. The van der Waals surface area contributed by atoms with Gasteiger partial charge < -0.3 is 4.74 Å². The van der Waals surface area contributed by atoms with E-state index < -0.39 is 22.9 Å². The predicted molar refractivity (Wildman–Crippen MR) is 127 cm³/mol. The van der Waals surface area contributed by atoms with Gasteiger partial charge in [-0.05, 0) is 32.8 Å². The largest absolute Gasteiger partial charge is 0.453 e. The number of carbonyl (C=O) groups is 2. The van der Waals surface area contributed by atoms with Crippen molar-refractivity contribution < 1.29 is 19.2 Å². The molecule has 1 amide bonds. The SMILES string of the molecule is Cc1nc2ncnn2c(C)c1CCC(=O)OC(C)C(=O)Nc1nc(-c2cccc([N+](=O)[O-])c2)cs1. The van der Waals surface area contributed by atoms with Crippen molar-refractivity contribution in [1.29, 1.82) is 0 Å². The highest BCUT2D eigenvalue weighted by Crippen LogP contribution is 2.27. The van der Waals surface area contributed by atoms with Crippen LogP contribution in [0.25, 0.3) is 17.0 Å². The number of nitro groups is 1. The number of nitrogens with one attached hydrogen (secondary N) is 1. The molecule has 3 heterocycles. The lowest BCUT2D eigenvalue weighted by Crippen LogP contribution is -2.30. The summed E-state index contributed by atoms with van der Waals surface area (Å²) in [6.45, 7) is 5.19. The van der Waals surface area contributed by atoms with Gasteiger partial charge in [0.1, 0.15) is 6.33 Å². The molecule has 1 atom stereocenters. The quantitative estimate of drug-likeness (QED) is 0.220. The molecule has 0 fully saturated rings. The van der Waals surface area contributed by atoms with E-state index in [1.165, 1.54) is 25.4 Å². The van der Waals surface area contributed by atoms with Gasteiger partial charge in [0.15, 0.2) is 11.2 Å². The molecule has 1 aromatic carbocycles. The number of carbonyl (C=O) groups excluding carboxylic acids is 2. The summed E-state index contributed by atoms with van der Waals surface area (Å²) < 4.78 is 6.90. The minimum atomic E-state index is -1.04. The summed E-state index contributed by atoms with van der Waals surface area (Å²) in [4.78, 5) is 48.1. The molecule has 1 N–H and O–H groups in total. The molecule has 4 aromatic rings. The third-order valence-electron chi connectivity index (χ3n) is 5.33. The van der Waals surface area contributed by atoms with Crippen molar-refractivity contribution in [3.05, 3.63) is 63.0 Å². The van der Waals surface area contributed by atoms with Crippen molar-refractivity contribution in [3.63, 3.8) is 0 Å². The fourth-order valence-corrected chi connectivity index (χ4v) is 4.23. The number of benzene rings is 1. The monoisotopic (exact) mass is 495 g/mol. The van der Waals surface area contributed by atoms with Gasteiger partial charge in [-0.3, -0.25) is 25.0 Å². The van der Waals surface area contributed by atoms with Crippen molar-refractivity contribution in [2.24, 2.45) is 0 Å². The number of hydrogen-bond acceptors (Lipinski definition) is 10. The molecule has 0 saturated heterocycles. The number of aromatic nitrogens is 5. The summed E-state index contributed by atoms with van der Waals surface area (Å²) in [6, 6.07) is 6.05. The van der Waals surface area contributed by atoms with Gasteiger partial charge in [-0.1, -0.05) is 12.1 Å². The predicted octanol–water partition coefficient (Wildman–Crippen LogP) is 3.28. The number of hydrogen-bond donors (Lipinski definition) is 1. The lowest BCUT2D eigenvalue weighted by atomic mass is 10.1. The van der Waals surface area contributed by atoms with Crippen LogP contribution in [0.3, 0.4) is 0 Å². The van der Waals surface area contributed by atoms with Crippen LogP contribution < -0.4 is 5.32 Å². The van der Waals surface area contributed by atoms with Crippen LogP contribution in [-0.4, -0.2) is 47.5 Å². The van der Waals surface area contributed by atoms with E-state index in [2.05, 4.69) is 25.4 Å². The second kappa shape index (κ2) is 9.93. The number of anilines is 1. The highest BCUT2D eigenvalue weighted by Gasteiger charge is 2.20. The summed E-state index contributed by atoms with van der Waals surface area (Å²) in [5.74, 6) is -0.564. The standard InChI is InChI=1S/C22H21N7O5S/c1-12-17(13(2)28-21(25-12)23-11-24-28)7-8-19(30)34-14(3)20(31)27-22-26-18(10-35-22)15-5-4-6-16(9-15)29(32)33/h4-6,9-11,14H,7-8H2,1-3H3,(H,26,27,31). The number of aryl methyl sites for hydroxylation is 2. The molecule has 1 unspecified atom stereocenters. The van der Waals surface area contributed by atoms with Crippen LogP contribution in [0, 0.1) is 24.0 Å². The third kappa shape index (κ3) is 5.30. The Bertz CT molecular complexity index is 1430. The molecule has 0 saturated carbocycles. The molecule has 180 valence electrons. The zero-order valence-electron chi connectivity index (χ0n) is 19.1. The number of thiazole rings is 1. The fourth-order valence-electron chi connectivity index (χ4n) is 3.50. The average molecular weight is 496 g/mol. The van der Waals surface area contributed by atoms with Crippen molar-refractivity contribution in [2.75, 3.05) is 5.32 Å². The minimum Gasteiger partial charge on any atom is -0.453 e. The van der Waals surface area contributed by atoms with E-state index in [4.69, 9.17) is 4.74 Å². The first-order chi connectivity index (χ1) is 16.7. The van der Waals surface area contributed by atoms with Gasteiger partial charge in [-0.15, -0.1) is 11.3 Å². The molecule has 12 nitrogen and oxygen atoms in total. The number of amides is 1. The van der Waals surface area contributed by atoms with E-state index in [1.807, 2.05) is 13.8 Å². The molecule has 3 aromatic heterocycles. The van der Waals surface area contributed by atoms with Crippen molar-refractivity contribution in [1.82, 2.24) is 24.6 Å². The maximum absolute atomic E-state index is 12.5. The van der Waals surface area contributed by atoms with Crippen molar-refractivity contribution in [3.8, 4) is 11.3 Å². The second-order valence-corrected chi connectivity index (χ2v) is 8.56. The summed E-state index contributed by atoms with van der Waals surface area (Å²) in [5.41, 5.74) is 3.45. The van der Waals surface area contributed by atoms with E-state index in [0.29, 0.717) is 23.5 Å². The highest BCUT2D eigenvalue weighted by molar-refractivity contribution is 7.14. The van der Waals surface area contributed by atoms with Gasteiger partial charge in [0.2, 0.25) is 0 Å². The van der Waals surface area contributed by atoms with Crippen LogP contribution in [0.4, 0.5) is 10.8 Å². The smallest absolute Gasteiger partial charge is 0.306 e. The van der Waals surface area contributed by atoms with Gasteiger partial charge >= 0.3 is 5.97 Å². The fraction of sp³-hybridized carbons (Fsp3) is 0.273. The number of rotatable bonds is 8. The highest BCUT2D eigenvalue weighted by atomic mass is 32.1. The summed E-state index contributed by atoms with van der Waals surface area (Å²) in [6.07, 6.45) is 0.829. The molecular weight excluding hydrogens is 474 g/mol. The molecule has 0 radical (unpaired) electrons. The minimum absolute atomic E-state index is 0.0519. The van der Waals surface area contributed by atoms with Crippen molar-refractivity contribution in [2.45, 2.75) is 39.7 Å². The van der Waals surface area contributed by atoms with E-state index in [0.717, 1.165) is 28.3 Å². The van der Waals surface area contributed by atoms with E-state index in [-0.39, 0.29) is 17.2 Å². The first-order valence-electron chi connectivity index (χ1n) is 10.6. The molecule has 0 aliphatic rings. The second-order valence-electron chi connectivity index (χ2n) is 7.70. The summed E-state index contributed by atoms with van der Waals surface area (Å²) in [5, 5.41) is 19.7. The Morgan fingerprint density at radius 1 is 1.29 bits per heavy atom. The van der Waals surface area contributed by atoms with E-state index in [9.17, 15) is 19.7 Å². The number of nitrogens with zero attached hydrogens (tertiary/aromatic N) is 6. The lowest BCUT2D eigenvalue weighted by Gasteiger charge is -2.13. The Balaban J connectivity index is 1.33. The number of fused-ring (bicyclic) bond motifs is 1. The Kier molecular flexibility index (Phi) is 6.78. The number of non-ortho nitro benzene ring substituents is 1. The van der Waals surface area contributed by atoms with E-state index >= 15 is 0 Å². The number of nitro benzene ring substituents is 1. The molecule has 35 heavy (non-hydrogen) atoms. The van der Waals surface area contributed by atoms with Crippen LogP contribution in [-0.2, 0) is 20.7 Å². The van der Waals surface area contributed by atoms with Crippen LogP contribution >= 0.6 is 11.3 Å². The van der Waals surface area contributed by atoms with Gasteiger partial charge in [0, 0.05) is 40.9 Å². The first-order valence-corrected chi connectivity index (χ1v) is 11.5. The van der Waals surface area contributed by atoms with Crippen LogP contribution in [0.5, 0.6) is 0 Å². The molecular formula is C22H21N7O5S. The Morgan fingerprint density at radius 2 is 2.09 bits per heavy atom. The maximum atomic E-state index is 12.5.